The molecule has 2 unspecified atom stereocenters. The van der Waals surface area contributed by atoms with E-state index in [0.717, 1.165) is 19.4 Å². The van der Waals surface area contributed by atoms with E-state index in [1.54, 1.807) is 0 Å². The summed E-state index contributed by atoms with van der Waals surface area (Å²) in [5.74, 6) is 0.468. The van der Waals surface area contributed by atoms with Gasteiger partial charge < -0.3 is 15.8 Å². The van der Waals surface area contributed by atoms with E-state index in [2.05, 4.69) is 19.2 Å². The zero-order valence-corrected chi connectivity index (χ0v) is 12.4. The van der Waals surface area contributed by atoms with Gasteiger partial charge in [0, 0.05) is 18.1 Å². The molecule has 2 aliphatic rings. The van der Waals surface area contributed by atoms with Gasteiger partial charge in [-0.05, 0) is 38.5 Å². The van der Waals surface area contributed by atoms with Gasteiger partial charge >= 0.3 is 0 Å². The second-order valence-electron chi connectivity index (χ2n) is 6.56. The maximum Gasteiger partial charge on any atom is 0.237 e. The van der Waals surface area contributed by atoms with E-state index in [0.29, 0.717) is 12.0 Å². The lowest BCUT2D eigenvalue weighted by molar-refractivity contribution is -0.176. The van der Waals surface area contributed by atoms with Gasteiger partial charge in [0.15, 0.2) is 0 Å². The van der Waals surface area contributed by atoms with Crippen LogP contribution in [0.5, 0.6) is 0 Å². The van der Waals surface area contributed by atoms with Gasteiger partial charge in [0.25, 0.3) is 0 Å². The Hall–Kier alpha value is -0.610. The fraction of sp³-hybridized carbons (Fsp3) is 0.933. The molecule has 0 aromatic heterocycles. The first kappa shape index (κ1) is 14.8. The number of hydrogen-bond donors (Lipinski definition) is 2. The summed E-state index contributed by atoms with van der Waals surface area (Å²) >= 11 is 0. The van der Waals surface area contributed by atoms with Crippen molar-refractivity contribution in [1.82, 2.24) is 5.32 Å². The fourth-order valence-electron chi connectivity index (χ4n) is 3.53. The molecule has 3 N–H and O–H groups in total. The Kier molecular flexibility index (Phi) is 4.51. The second-order valence-corrected chi connectivity index (χ2v) is 6.56. The maximum atomic E-state index is 12.1. The number of rotatable bonds is 6. The molecule has 110 valence electrons. The van der Waals surface area contributed by atoms with Crippen LogP contribution in [-0.4, -0.2) is 30.7 Å². The molecule has 3 atom stereocenters. The first-order chi connectivity index (χ1) is 8.99. The highest BCUT2D eigenvalue weighted by Gasteiger charge is 2.59. The molecule has 2 aliphatic carbocycles. The van der Waals surface area contributed by atoms with E-state index >= 15 is 0 Å². The summed E-state index contributed by atoms with van der Waals surface area (Å²) in [6.07, 6.45) is 5.67. The molecule has 4 heteroatoms. The molecule has 0 radical (unpaired) electrons. The third-order valence-corrected chi connectivity index (χ3v) is 4.82. The molecule has 1 spiro atoms. The van der Waals surface area contributed by atoms with Crippen molar-refractivity contribution >= 4 is 5.91 Å². The Morgan fingerprint density at radius 2 is 2.16 bits per heavy atom. The van der Waals surface area contributed by atoms with Crippen molar-refractivity contribution in [2.24, 2.45) is 17.1 Å². The highest BCUT2D eigenvalue weighted by molar-refractivity contribution is 5.82. The lowest BCUT2D eigenvalue weighted by Gasteiger charge is -2.61. The van der Waals surface area contributed by atoms with Gasteiger partial charge in [-0.25, -0.2) is 0 Å². The Morgan fingerprint density at radius 3 is 2.63 bits per heavy atom. The van der Waals surface area contributed by atoms with Crippen molar-refractivity contribution in [3.05, 3.63) is 0 Å². The number of hydrogen-bond acceptors (Lipinski definition) is 3. The van der Waals surface area contributed by atoms with Crippen LogP contribution < -0.4 is 11.1 Å². The second kappa shape index (κ2) is 5.80. The number of nitrogens with two attached hydrogens (primary N) is 1. The lowest BCUT2D eigenvalue weighted by atomic mass is 9.51. The van der Waals surface area contributed by atoms with E-state index in [9.17, 15) is 4.79 Å². The predicted molar refractivity (Wildman–Crippen MR) is 75.7 cm³/mol. The Labute approximate surface area is 116 Å². The monoisotopic (exact) mass is 268 g/mol. The minimum Gasteiger partial charge on any atom is -0.378 e. The summed E-state index contributed by atoms with van der Waals surface area (Å²) in [7, 11) is 0. The molecule has 0 bridgehead atoms. The average molecular weight is 268 g/mol. The molecular formula is C15H28N2O2. The first-order valence-corrected chi connectivity index (χ1v) is 7.67. The van der Waals surface area contributed by atoms with Crippen LogP contribution in [0.1, 0.15) is 52.9 Å². The van der Waals surface area contributed by atoms with Gasteiger partial charge in [-0.15, -0.1) is 0 Å². The van der Waals surface area contributed by atoms with Crippen LogP contribution >= 0.6 is 0 Å². The average Bonchev–Trinajstić information content (AvgIpc) is 2.23. The summed E-state index contributed by atoms with van der Waals surface area (Å²) in [6, 6.07) is -0.0909. The Bertz CT molecular complexity index is 326. The largest absolute Gasteiger partial charge is 0.378 e. The standard InChI is InChI=1S/C15H28N2O2/c1-4-19-13-9-12(15(13)6-5-7-15)17-14(18)11(16)8-10(2)3/h10-13H,4-9,16H2,1-3H3,(H,17,18)/t11-,12?,13?/m0/s1. The molecule has 0 aliphatic heterocycles. The van der Waals surface area contributed by atoms with E-state index < -0.39 is 0 Å². The molecule has 0 heterocycles. The molecule has 1 amide bonds. The molecular weight excluding hydrogens is 240 g/mol. The van der Waals surface area contributed by atoms with Crippen molar-refractivity contribution in [2.45, 2.75) is 71.1 Å². The summed E-state index contributed by atoms with van der Waals surface area (Å²) in [6.45, 7) is 6.99. The summed E-state index contributed by atoms with van der Waals surface area (Å²) in [5, 5.41) is 3.16. The molecule has 19 heavy (non-hydrogen) atoms. The van der Waals surface area contributed by atoms with Crippen LogP contribution in [0.15, 0.2) is 0 Å². The van der Waals surface area contributed by atoms with E-state index in [-0.39, 0.29) is 23.4 Å². The van der Waals surface area contributed by atoms with Gasteiger partial charge in [0.1, 0.15) is 0 Å². The Morgan fingerprint density at radius 1 is 1.47 bits per heavy atom. The number of amides is 1. The van der Waals surface area contributed by atoms with E-state index in [1.807, 2.05) is 6.92 Å². The zero-order valence-electron chi connectivity index (χ0n) is 12.4. The minimum absolute atomic E-state index is 0.0138. The molecule has 2 saturated carbocycles. The predicted octanol–water partition coefficient (Wildman–Crippen LogP) is 1.82. The topological polar surface area (TPSA) is 64.3 Å². The molecule has 0 saturated heterocycles. The first-order valence-electron chi connectivity index (χ1n) is 7.67. The van der Waals surface area contributed by atoms with Crippen molar-refractivity contribution in [3.63, 3.8) is 0 Å². The molecule has 0 aromatic carbocycles. The summed E-state index contributed by atoms with van der Waals surface area (Å²) in [5.41, 5.74) is 6.17. The summed E-state index contributed by atoms with van der Waals surface area (Å²) < 4.78 is 5.79. The van der Waals surface area contributed by atoms with Crippen LogP contribution in [0.4, 0.5) is 0 Å². The SMILES string of the molecule is CCOC1CC(NC(=O)[C@@H](N)CC(C)C)C12CCC2. The number of carbonyl (C=O) groups is 1. The van der Waals surface area contributed by atoms with E-state index in [1.165, 1.54) is 19.3 Å². The van der Waals surface area contributed by atoms with Crippen molar-refractivity contribution < 1.29 is 9.53 Å². The number of carbonyl (C=O) groups excluding carboxylic acids is 1. The smallest absolute Gasteiger partial charge is 0.237 e. The van der Waals surface area contributed by atoms with Crippen LogP contribution in [-0.2, 0) is 9.53 Å². The van der Waals surface area contributed by atoms with Gasteiger partial charge in [-0.1, -0.05) is 20.3 Å². The van der Waals surface area contributed by atoms with Gasteiger partial charge in [-0.2, -0.15) is 0 Å². The number of nitrogens with one attached hydrogen (secondary N) is 1. The minimum atomic E-state index is -0.372. The van der Waals surface area contributed by atoms with Crippen LogP contribution in [0.2, 0.25) is 0 Å². The van der Waals surface area contributed by atoms with Gasteiger partial charge in [0.2, 0.25) is 5.91 Å². The third kappa shape index (κ3) is 2.79. The highest BCUT2D eigenvalue weighted by Crippen LogP contribution is 2.57. The molecule has 2 fully saturated rings. The van der Waals surface area contributed by atoms with Crippen molar-refractivity contribution in [1.29, 1.82) is 0 Å². The van der Waals surface area contributed by atoms with Crippen LogP contribution in [0, 0.1) is 11.3 Å². The summed E-state index contributed by atoms with van der Waals surface area (Å²) in [4.78, 5) is 12.1. The van der Waals surface area contributed by atoms with Gasteiger partial charge in [0.05, 0.1) is 12.1 Å². The maximum absolute atomic E-state index is 12.1. The van der Waals surface area contributed by atoms with Crippen LogP contribution in [0.25, 0.3) is 0 Å². The third-order valence-electron chi connectivity index (χ3n) is 4.82. The van der Waals surface area contributed by atoms with Crippen LogP contribution in [0.3, 0.4) is 0 Å². The highest BCUT2D eigenvalue weighted by atomic mass is 16.5. The molecule has 0 aromatic rings. The fourth-order valence-corrected chi connectivity index (χ4v) is 3.53. The Balaban J connectivity index is 1.85. The number of ether oxygens (including phenoxy) is 1. The lowest BCUT2D eigenvalue weighted by Crippen LogP contribution is -2.68. The normalized spacial score (nSPS) is 29.7. The molecule has 2 rings (SSSR count). The van der Waals surface area contributed by atoms with Crippen molar-refractivity contribution in [3.8, 4) is 0 Å². The van der Waals surface area contributed by atoms with Crippen molar-refractivity contribution in [2.75, 3.05) is 6.61 Å². The quantitative estimate of drug-likeness (QED) is 0.772. The van der Waals surface area contributed by atoms with Gasteiger partial charge in [-0.3, -0.25) is 4.79 Å². The molecule has 4 nitrogen and oxygen atoms in total. The zero-order chi connectivity index (χ0) is 14.0. The van der Waals surface area contributed by atoms with E-state index in [4.69, 9.17) is 10.5 Å².